The fourth-order valence-electron chi connectivity index (χ4n) is 2.36. The predicted molar refractivity (Wildman–Crippen MR) is 90.0 cm³/mol. The number of hydrazone groups is 1. The van der Waals surface area contributed by atoms with Crippen molar-refractivity contribution in [2.45, 2.75) is 12.5 Å². The molecular formula is C18H17N3O2. The molecule has 0 aliphatic heterocycles. The molecule has 3 N–H and O–H groups in total. The third-order valence-electron chi connectivity index (χ3n) is 3.77. The van der Waals surface area contributed by atoms with Gasteiger partial charge in [-0.3, -0.25) is 4.79 Å². The van der Waals surface area contributed by atoms with E-state index in [2.05, 4.69) is 15.5 Å². The smallest absolute Gasteiger partial charge is 0.276 e. The Labute approximate surface area is 133 Å². The Hall–Kier alpha value is -2.92. The molecule has 0 fully saturated rings. The highest BCUT2D eigenvalue weighted by Crippen LogP contribution is 2.20. The SMILES string of the molecule is CC(O)(C(=O)NN=Cc1c[nH]c2ccccc12)c1ccccc1. The molecule has 0 saturated carbocycles. The highest BCUT2D eigenvalue weighted by molar-refractivity contribution is 5.99. The molecule has 2 aromatic carbocycles. The van der Waals surface area contributed by atoms with Crippen molar-refractivity contribution in [3.63, 3.8) is 0 Å². The zero-order valence-corrected chi connectivity index (χ0v) is 12.7. The molecule has 1 atom stereocenters. The van der Waals surface area contributed by atoms with E-state index < -0.39 is 11.5 Å². The number of nitrogens with one attached hydrogen (secondary N) is 2. The minimum Gasteiger partial charge on any atom is -0.375 e. The van der Waals surface area contributed by atoms with Crippen LogP contribution in [0, 0.1) is 0 Å². The number of hydrogen-bond donors (Lipinski definition) is 3. The van der Waals surface area contributed by atoms with Gasteiger partial charge in [0.1, 0.15) is 0 Å². The largest absolute Gasteiger partial charge is 0.375 e. The Kier molecular flexibility index (Phi) is 3.95. The number of benzene rings is 2. The molecule has 5 nitrogen and oxygen atoms in total. The fraction of sp³-hybridized carbons (Fsp3) is 0.111. The Bertz CT molecular complexity index is 851. The number of rotatable bonds is 4. The first-order chi connectivity index (χ1) is 11.1. The molecule has 1 unspecified atom stereocenters. The fourth-order valence-corrected chi connectivity index (χ4v) is 2.36. The molecule has 116 valence electrons. The maximum atomic E-state index is 12.2. The summed E-state index contributed by atoms with van der Waals surface area (Å²) in [6.07, 6.45) is 3.37. The lowest BCUT2D eigenvalue weighted by atomic mass is 9.95. The Morgan fingerprint density at radius 3 is 2.65 bits per heavy atom. The average Bonchev–Trinajstić information content (AvgIpc) is 2.99. The van der Waals surface area contributed by atoms with Crippen LogP contribution in [0.5, 0.6) is 0 Å². The van der Waals surface area contributed by atoms with Crippen LogP contribution < -0.4 is 5.43 Å². The van der Waals surface area contributed by atoms with Gasteiger partial charge in [0.05, 0.1) is 6.21 Å². The molecule has 23 heavy (non-hydrogen) atoms. The molecule has 1 aromatic heterocycles. The van der Waals surface area contributed by atoms with E-state index in [1.165, 1.54) is 6.92 Å². The summed E-state index contributed by atoms with van der Waals surface area (Å²) >= 11 is 0. The zero-order chi connectivity index (χ0) is 16.3. The van der Waals surface area contributed by atoms with Gasteiger partial charge in [-0.05, 0) is 18.6 Å². The number of para-hydroxylation sites is 1. The number of amides is 1. The molecule has 1 heterocycles. The summed E-state index contributed by atoms with van der Waals surface area (Å²) in [5.41, 5.74) is 3.12. The maximum absolute atomic E-state index is 12.2. The second-order valence-electron chi connectivity index (χ2n) is 5.43. The van der Waals surface area contributed by atoms with Crippen molar-refractivity contribution in [1.82, 2.24) is 10.4 Å². The lowest BCUT2D eigenvalue weighted by molar-refractivity contribution is -0.138. The summed E-state index contributed by atoms with van der Waals surface area (Å²) in [5.74, 6) is -0.584. The molecule has 0 saturated heterocycles. The van der Waals surface area contributed by atoms with E-state index in [1.807, 2.05) is 36.5 Å². The van der Waals surface area contributed by atoms with Crippen molar-refractivity contribution in [3.05, 3.63) is 71.9 Å². The summed E-state index contributed by atoms with van der Waals surface area (Å²) in [6.45, 7) is 1.44. The van der Waals surface area contributed by atoms with Gasteiger partial charge in [-0.25, -0.2) is 5.43 Å². The number of fused-ring (bicyclic) bond motifs is 1. The Morgan fingerprint density at radius 2 is 1.87 bits per heavy atom. The second kappa shape index (κ2) is 6.06. The van der Waals surface area contributed by atoms with Crippen LogP contribution in [0.2, 0.25) is 0 Å². The normalized spacial score (nSPS) is 14.0. The van der Waals surface area contributed by atoms with Crippen molar-refractivity contribution >= 4 is 23.0 Å². The van der Waals surface area contributed by atoms with Gasteiger partial charge >= 0.3 is 0 Å². The van der Waals surface area contributed by atoms with Crippen LogP contribution in [0.1, 0.15) is 18.1 Å². The van der Waals surface area contributed by atoms with Gasteiger partial charge < -0.3 is 10.1 Å². The minimum atomic E-state index is -1.64. The summed E-state index contributed by atoms with van der Waals surface area (Å²) in [7, 11) is 0. The Morgan fingerprint density at radius 1 is 1.17 bits per heavy atom. The predicted octanol–water partition coefficient (Wildman–Crippen LogP) is 2.53. The first kappa shape index (κ1) is 15.0. The summed E-state index contributed by atoms with van der Waals surface area (Å²) in [6, 6.07) is 16.6. The van der Waals surface area contributed by atoms with Crippen LogP contribution in [0.25, 0.3) is 10.9 Å². The number of aromatic nitrogens is 1. The quantitative estimate of drug-likeness (QED) is 0.511. The zero-order valence-electron chi connectivity index (χ0n) is 12.7. The molecule has 0 radical (unpaired) electrons. The lowest BCUT2D eigenvalue weighted by Crippen LogP contribution is -2.40. The van der Waals surface area contributed by atoms with E-state index in [-0.39, 0.29) is 0 Å². The monoisotopic (exact) mass is 307 g/mol. The van der Waals surface area contributed by atoms with Gasteiger partial charge in [0.25, 0.3) is 5.91 Å². The van der Waals surface area contributed by atoms with Crippen molar-refractivity contribution in [3.8, 4) is 0 Å². The minimum absolute atomic E-state index is 0.514. The Balaban J connectivity index is 1.74. The molecular weight excluding hydrogens is 290 g/mol. The summed E-state index contributed by atoms with van der Waals surface area (Å²) in [4.78, 5) is 15.3. The summed E-state index contributed by atoms with van der Waals surface area (Å²) < 4.78 is 0. The van der Waals surface area contributed by atoms with Gasteiger partial charge in [-0.1, -0.05) is 48.5 Å². The van der Waals surface area contributed by atoms with E-state index in [4.69, 9.17) is 0 Å². The standard InChI is InChI=1S/C18H17N3O2/c1-18(23,14-7-3-2-4-8-14)17(22)21-20-12-13-11-19-16-10-6-5-9-15(13)16/h2-12,19,23H,1H3,(H,21,22). The van der Waals surface area contributed by atoms with Crippen molar-refractivity contribution in [1.29, 1.82) is 0 Å². The van der Waals surface area contributed by atoms with Crippen LogP contribution in [-0.4, -0.2) is 22.2 Å². The summed E-state index contributed by atoms with van der Waals surface area (Å²) in [5, 5.41) is 15.4. The topological polar surface area (TPSA) is 77.5 Å². The molecule has 5 heteroatoms. The van der Waals surface area contributed by atoms with Crippen LogP contribution in [0.4, 0.5) is 0 Å². The van der Waals surface area contributed by atoms with E-state index in [0.717, 1.165) is 16.5 Å². The van der Waals surface area contributed by atoms with Gasteiger partial charge in [-0.15, -0.1) is 0 Å². The molecule has 0 aliphatic rings. The average molecular weight is 307 g/mol. The van der Waals surface area contributed by atoms with Gasteiger partial charge in [-0.2, -0.15) is 5.10 Å². The molecule has 0 aliphatic carbocycles. The molecule has 3 aromatic rings. The van der Waals surface area contributed by atoms with Crippen LogP contribution in [-0.2, 0) is 10.4 Å². The lowest BCUT2D eigenvalue weighted by Gasteiger charge is -2.21. The number of aliphatic hydroxyl groups is 1. The van der Waals surface area contributed by atoms with Gasteiger partial charge in [0.15, 0.2) is 5.60 Å². The van der Waals surface area contributed by atoms with Crippen LogP contribution in [0.3, 0.4) is 0 Å². The van der Waals surface area contributed by atoms with Crippen LogP contribution >= 0.6 is 0 Å². The van der Waals surface area contributed by atoms with Crippen LogP contribution in [0.15, 0.2) is 65.9 Å². The number of carbonyl (C=O) groups is 1. The number of H-pyrrole nitrogens is 1. The first-order valence-corrected chi connectivity index (χ1v) is 7.26. The number of aromatic amines is 1. The van der Waals surface area contributed by atoms with Crippen molar-refractivity contribution in [2.75, 3.05) is 0 Å². The van der Waals surface area contributed by atoms with Crippen molar-refractivity contribution < 1.29 is 9.90 Å². The first-order valence-electron chi connectivity index (χ1n) is 7.26. The molecule has 0 bridgehead atoms. The van der Waals surface area contributed by atoms with E-state index in [1.54, 1.807) is 30.5 Å². The molecule has 1 amide bonds. The van der Waals surface area contributed by atoms with Gasteiger partial charge in [0, 0.05) is 22.7 Å². The van der Waals surface area contributed by atoms with Crippen molar-refractivity contribution in [2.24, 2.45) is 5.10 Å². The molecule has 0 spiro atoms. The second-order valence-corrected chi connectivity index (χ2v) is 5.43. The third-order valence-corrected chi connectivity index (χ3v) is 3.77. The van der Waals surface area contributed by atoms with E-state index in [0.29, 0.717) is 5.56 Å². The van der Waals surface area contributed by atoms with Gasteiger partial charge in [0.2, 0.25) is 0 Å². The number of hydrogen-bond acceptors (Lipinski definition) is 3. The maximum Gasteiger partial charge on any atom is 0.276 e. The number of nitrogens with zero attached hydrogens (tertiary/aromatic N) is 1. The third kappa shape index (κ3) is 3.00. The number of carbonyl (C=O) groups excluding carboxylic acids is 1. The highest BCUT2D eigenvalue weighted by atomic mass is 16.3. The highest BCUT2D eigenvalue weighted by Gasteiger charge is 2.32. The van der Waals surface area contributed by atoms with E-state index in [9.17, 15) is 9.90 Å². The molecule has 3 rings (SSSR count). The van der Waals surface area contributed by atoms with E-state index >= 15 is 0 Å².